The lowest BCUT2D eigenvalue weighted by Gasteiger charge is -2.12. The average molecular weight is 375 g/mol. The number of carbonyl (C=O) groups excluding carboxylic acids is 2. The summed E-state index contributed by atoms with van der Waals surface area (Å²) >= 11 is 5.99. The van der Waals surface area contributed by atoms with Gasteiger partial charge in [0.1, 0.15) is 6.04 Å². The fourth-order valence-electron chi connectivity index (χ4n) is 2.61. The Balaban J connectivity index is 1.75. The Hall–Kier alpha value is -2.37. The fraction of sp³-hybridized carbons (Fsp3) is 0.300. The van der Waals surface area contributed by atoms with Crippen molar-refractivity contribution in [2.24, 2.45) is 0 Å². The maximum atomic E-state index is 12.0. The molecule has 5 nitrogen and oxygen atoms in total. The molecule has 0 aromatic heterocycles. The summed E-state index contributed by atoms with van der Waals surface area (Å²) < 4.78 is 0. The largest absolute Gasteiger partial charge is 0.342 e. The Bertz CT molecular complexity index is 764. The van der Waals surface area contributed by atoms with Crippen LogP contribution in [-0.2, 0) is 16.0 Å². The van der Waals surface area contributed by atoms with Crippen LogP contribution in [-0.4, -0.2) is 24.9 Å². The smallest absolute Gasteiger partial charge is 0.275 e. The highest BCUT2D eigenvalue weighted by Crippen LogP contribution is 2.15. The Morgan fingerprint density at radius 2 is 1.88 bits per heavy atom. The maximum absolute atomic E-state index is 12.0. The molecule has 1 atom stereocenters. The first kappa shape index (κ1) is 19.9. The van der Waals surface area contributed by atoms with E-state index in [4.69, 9.17) is 11.6 Å². The van der Waals surface area contributed by atoms with Gasteiger partial charge in [-0.05, 0) is 37.1 Å². The van der Waals surface area contributed by atoms with E-state index in [0.717, 1.165) is 23.2 Å². The second-order valence-corrected chi connectivity index (χ2v) is 6.56. The van der Waals surface area contributed by atoms with Gasteiger partial charge in [0.15, 0.2) is 6.54 Å². The van der Waals surface area contributed by atoms with Crippen molar-refractivity contribution >= 4 is 29.1 Å². The van der Waals surface area contributed by atoms with E-state index < -0.39 is 0 Å². The number of quaternary nitrogens is 1. The predicted octanol–water partition coefficient (Wildman–Crippen LogP) is 2.28. The van der Waals surface area contributed by atoms with Gasteiger partial charge in [0.25, 0.3) is 5.91 Å². The molecule has 0 aliphatic carbocycles. The Morgan fingerprint density at radius 1 is 1.12 bits per heavy atom. The van der Waals surface area contributed by atoms with E-state index in [1.165, 1.54) is 0 Å². The van der Waals surface area contributed by atoms with Crippen molar-refractivity contribution in [3.05, 3.63) is 64.7 Å². The standard InChI is InChI=1S/C20H24ClN3O2/c1-3-15-7-4-5-10-18(15)24-20(26)13-23-19(25)12-22-14(2)16-8-6-9-17(21)11-16/h4-11,14,22H,3,12-13H2,1-2H3,(H,23,25)(H,24,26)/p+1/t14-/m1/s1. The minimum atomic E-state index is -0.234. The molecule has 0 spiro atoms. The summed E-state index contributed by atoms with van der Waals surface area (Å²) in [7, 11) is 0. The number of amides is 2. The normalized spacial score (nSPS) is 11.7. The molecule has 4 N–H and O–H groups in total. The summed E-state index contributed by atoms with van der Waals surface area (Å²) in [6, 6.07) is 15.3. The highest BCUT2D eigenvalue weighted by atomic mass is 35.5. The van der Waals surface area contributed by atoms with Crippen LogP contribution in [0.4, 0.5) is 5.69 Å². The first-order valence-electron chi connectivity index (χ1n) is 8.72. The van der Waals surface area contributed by atoms with Crippen LogP contribution in [0.1, 0.15) is 31.0 Å². The fourth-order valence-corrected chi connectivity index (χ4v) is 2.80. The van der Waals surface area contributed by atoms with Crippen LogP contribution in [0.25, 0.3) is 0 Å². The molecular weight excluding hydrogens is 350 g/mol. The number of para-hydroxylation sites is 1. The predicted molar refractivity (Wildman–Crippen MR) is 104 cm³/mol. The van der Waals surface area contributed by atoms with Crippen molar-refractivity contribution in [1.29, 1.82) is 0 Å². The van der Waals surface area contributed by atoms with Gasteiger partial charge in [-0.3, -0.25) is 9.59 Å². The number of halogens is 1. The van der Waals surface area contributed by atoms with Crippen LogP contribution in [0.5, 0.6) is 0 Å². The van der Waals surface area contributed by atoms with Crippen molar-refractivity contribution < 1.29 is 14.9 Å². The SMILES string of the molecule is CCc1ccccc1NC(=O)CNC(=O)C[NH2+][C@H](C)c1cccc(Cl)c1. The molecule has 0 unspecified atom stereocenters. The van der Waals surface area contributed by atoms with Crippen LogP contribution >= 0.6 is 11.6 Å². The highest BCUT2D eigenvalue weighted by Gasteiger charge is 2.13. The van der Waals surface area contributed by atoms with Gasteiger partial charge < -0.3 is 16.0 Å². The summed E-state index contributed by atoms with van der Waals surface area (Å²) in [6.07, 6.45) is 0.833. The molecule has 2 aromatic carbocycles. The number of hydrogen-bond donors (Lipinski definition) is 3. The van der Waals surface area contributed by atoms with Crippen molar-refractivity contribution in [1.82, 2.24) is 5.32 Å². The number of aryl methyl sites for hydroxylation is 1. The molecule has 6 heteroatoms. The minimum Gasteiger partial charge on any atom is -0.342 e. The molecule has 2 amide bonds. The third-order valence-corrected chi connectivity index (χ3v) is 4.38. The molecule has 26 heavy (non-hydrogen) atoms. The van der Waals surface area contributed by atoms with Gasteiger partial charge in [0.2, 0.25) is 5.91 Å². The van der Waals surface area contributed by atoms with E-state index in [1.807, 2.05) is 67.7 Å². The van der Waals surface area contributed by atoms with Crippen LogP contribution in [0, 0.1) is 0 Å². The van der Waals surface area contributed by atoms with E-state index in [9.17, 15) is 9.59 Å². The first-order valence-corrected chi connectivity index (χ1v) is 9.10. The second-order valence-electron chi connectivity index (χ2n) is 6.12. The Morgan fingerprint density at radius 3 is 2.62 bits per heavy atom. The number of nitrogens with one attached hydrogen (secondary N) is 2. The molecule has 0 fully saturated rings. The van der Waals surface area contributed by atoms with Crippen molar-refractivity contribution in [2.75, 3.05) is 18.4 Å². The summed E-state index contributed by atoms with van der Waals surface area (Å²) in [5, 5.41) is 8.07. The van der Waals surface area contributed by atoms with E-state index in [-0.39, 0.29) is 30.9 Å². The van der Waals surface area contributed by atoms with Crippen LogP contribution < -0.4 is 16.0 Å². The van der Waals surface area contributed by atoms with Gasteiger partial charge in [-0.15, -0.1) is 0 Å². The lowest BCUT2D eigenvalue weighted by atomic mass is 10.1. The molecular formula is C20H25ClN3O2+. The van der Waals surface area contributed by atoms with Crippen LogP contribution in [0.2, 0.25) is 5.02 Å². The van der Waals surface area contributed by atoms with Gasteiger partial charge in [-0.2, -0.15) is 0 Å². The van der Waals surface area contributed by atoms with Crippen molar-refractivity contribution in [2.45, 2.75) is 26.3 Å². The monoisotopic (exact) mass is 374 g/mol. The number of nitrogens with two attached hydrogens (primary N) is 1. The second kappa shape index (κ2) is 9.94. The average Bonchev–Trinajstić information content (AvgIpc) is 2.64. The summed E-state index contributed by atoms with van der Waals surface area (Å²) in [5.41, 5.74) is 2.91. The third-order valence-electron chi connectivity index (χ3n) is 4.15. The molecule has 2 rings (SSSR count). The molecule has 0 saturated carbocycles. The van der Waals surface area contributed by atoms with E-state index in [1.54, 1.807) is 0 Å². The van der Waals surface area contributed by atoms with E-state index in [2.05, 4.69) is 10.6 Å². The zero-order valence-corrected chi connectivity index (χ0v) is 15.8. The quantitative estimate of drug-likeness (QED) is 0.663. The van der Waals surface area contributed by atoms with Gasteiger partial charge in [-0.25, -0.2) is 0 Å². The number of benzene rings is 2. The van der Waals surface area contributed by atoms with Gasteiger partial charge >= 0.3 is 0 Å². The number of rotatable bonds is 8. The lowest BCUT2D eigenvalue weighted by Crippen LogP contribution is -2.87. The van der Waals surface area contributed by atoms with Gasteiger partial charge in [0.05, 0.1) is 6.54 Å². The van der Waals surface area contributed by atoms with Gasteiger partial charge in [0, 0.05) is 16.3 Å². The van der Waals surface area contributed by atoms with Crippen LogP contribution in [0.3, 0.4) is 0 Å². The molecule has 0 aliphatic heterocycles. The highest BCUT2D eigenvalue weighted by molar-refractivity contribution is 6.30. The summed E-state index contributed by atoms with van der Waals surface area (Å²) in [5.74, 6) is -0.417. The number of hydrogen-bond acceptors (Lipinski definition) is 2. The van der Waals surface area contributed by atoms with E-state index >= 15 is 0 Å². The molecule has 0 saturated heterocycles. The Labute approximate surface area is 159 Å². The number of carbonyl (C=O) groups is 2. The lowest BCUT2D eigenvalue weighted by molar-refractivity contribution is -0.682. The molecule has 0 bridgehead atoms. The third kappa shape index (κ3) is 6.17. The molecule has 0 radical (unpaired) electrons. The van der Waals surface area contributed by atoms with Crippen molar-refractivity contribution in [3.63, 3.8) is 0 Å². The number of anilines is 1. The van der Waals surface area contributed by atoms with Crippen LogP contribution in [0.15, 0.2) is 48.5 Å². The first-order chi connectivity index (χ1) is 12.5. The molecule has 138 valence electrons. The summed E-state index contributed by atoms with van der Waals surface area (Å²) in [6.45, 7) is 4.24. The molecule has 0 aliphatic rings. The zero-order valence-electron chi connectivity index (χ0n) is 15.1. The zero-order chi connectivity index (χ0) is 18.9. The molecule has 0 heterocycles. The van der Waals surface area contributed by atoms with Crippen molar-refractivity contribution in [3.8, 4) is 0 Å². The van der Waals surface area contributed by atoms with E-state index in [0.29, 0.717) is 5.02 Å². The molecule has 2 aromatic rings. The topological polar surface area (TPSA) is 74.8 Å². The Kier molecular flexibility index (Phi) is 7.63. The summed E-state index contributed by atoms with van der Waals surface area (Å²) in [4.78, 5) is 24.0. The van der Waals surface area contributed by atoms with Gasteiger partial charge in [-0.1, -0.05) is 48.9 Å². The minimum absolute atomic E-state index is 0.0454. The maximum Gasteiger partial charge on any atom is 0.275 e.